The van der Waals surface area contributed by atoms with Gasteiger partial charge in [-0.3, -0.25) is 19.6 Å². The zero-order valence-corrected chi connectivity index (χ0v) is 23.3. The van der Waals surface area contributed by atoms with E-state index in [9.17, 15) is 9.59 Å². The minimum Gasteiger partial charge on any atom is -0.369 e. The Morgan fingerprint density at radius 3 is 2.56 bits per heavy atom. The molecule has 3 aromatic rings. The van der Waals surface area contributed by atoms with Gasteiger partial charge >= 0.3 is 0 Å². The molecule has 0 spiro atoms. The molecule has 0 unspecified atom stereocenters. The summed E-state index contributed by atoms with van der Waals surface area (Å²) in [5, 5.41) is 3.42. The molecule has 2 aliphatic rings. The van der Waals surface area contributed by atoms with E-state index in [1.807, 2.05) is 42.4 Å². The lowest BCUT2D eigenvalue weighted by atomic mass is 9.92. The van der Waals surface area contributed by atoms with Gasteiger partial charge in [0.25, 0.3) is 0 Å². The van der Waals surface area contributed by atoms with Gasteiger partial charge in [-0.15, -0.1) is 0 Å². The van der Waals surface area contributed by atoms with Gasteiger partial charge in [0.15, 0.2) is 0 Å². The molecule has 2 fully saturated rings. The van der Waals surface area contributed by atoms with Crippen molar-refractivity contribution in [3.63, 3.8) is 0 Å². The molecule has 2 amide bonds. The highest BCUT2D eigenvalue weighted by molar-refractivity contribution is 5.82. The molecule has 3 aromatic heterocycles. The predicted molar refractivity (Wildman–Crippen MR) is 151 cm³/mol. The Labute approximate surface area is 229 Å². The lowest BCUT2D eigenvalue weighted by Crippen LogP contribution is -2.53. The highest BCUT2D eigenvalue weighted by atomic mass is 16.2. The smallest absolute Gasteiger partial charge is 0.228 e. The number of carbonyl (C=O) groups is 2. The van der Waals surface area contributed by atoms with Crippen molar-refractivity contribution in [2.75, 3.05) is 43.9 Å². The topological polar surface area (TPSA) is 107 Å². The van der Waals surface area contributed by atoms with Gasteiger partial charge in [-0.05, 0) is 44.9 Å². The van der Waals surface area contributed by atoms with Crippen LogP contribution in [-0.4, -0.2) is 81.3 Å². The number of nitrogens with zero attached hydrogens (tertiary/aromatic N) is 7. The molecule has 0 aliphatic carbocycles. The van der Waals surface area contributed by atoms with E-state index in [2.05, 4.69) is 33.2 Å². The molecule has 204 valence electrons. The van der Waals surface area contributed by atoms with Crippen molar-refractivity contribution >= 4 is 29.0 Å². The van der Waals surface area contributed by atoms with Crippen molar-refractivity contribution in [2.45, 2.75) is 45.6 Å². The molecule has 0 radical (unpaired) electrons. The summed E-state index contributed by atoms with van der Waals surface area (Å²) in [6.45, 7) is 7.61. The fourth-order valence-corrected chi connectivity index (χ4v) is 5.34. The Morgan fingerprint density at radius 1 is 1.05 bits per heavy atom. The molecule has 5 heterocycles. The third-order valence-electron chi connectivity index (χ3n) is 7.62. The van der Waals surface area contributed by atoms with E-state index in [4.69, 9.17) is 9.97 Å². The number of amides is 2. The minimum atomic E-state index is 0.00634. The Bertz CT molecular complexity index is 1370. The van der Waals surface area contributed by atoms with E-state index in [1.54, 1.807) is 32.1 Å². The SMILES string of the molecule is CC(=O)N1C[C@H](c2nc(Nc3ccnc(C)c3)cc(-c3cncc(N4CC(C(=O)N(C)C)C4)c3)n2)CC[C@@H]1C. The molecule has 5 rings (SSSR count). The van der Waals surface area contributed by atoms with Crippen LogP contribution in [0.3, 0.4) is 0 Å². The number of hydrogen-bond acceptors (Lipinski definition) is 8. The normalized spacial score (nSPS) is 19.4. The van der Waals surface area contributed by atoms with Gasteiger partial charge in [0.05, 0.1) is 23.5 Å². The zero-order chi connectivity index (χ0) is 27.7. The first-order valence-corrected chi connectivity index (χ1v) is 13.5. The van der Waals surface area contributed by atoms with Gasteiger partial charge in [-0.25, -0.2) is 9.97 Å². The predicted octanol–water partition coefficient (Wildman–Crippen LogP) is 3.62. The maximum absolute atomic E-state index is 12.3. The molecular formula is C29H36N8O2. The van der Waals surface area contributed by atoms with E-state index in [-0.39, 0.29) is 29.7 Å². The third kappa shape index (κ3) is 5.84. The number of hydrogen-bond donors (Lipinski definition) is 1. The highest BCUT2D eigenvalue weighted by Gasteiger charge is 2.34. The van der Waals surface area contributed by atoms with E-state index >= 15 is 0 Å². The number of aromatic nitrogens is 4. The molecule has 0 saturated carbocycles. The van der Waals surface area contributed by atoms with Crippen LogP contribution < -0.4 is 10.2 Å². The average Bonchev–Trinajstić information content (AvgIpc) is 2.88. The fraction of sp³-hybridized carbons (Fsp3) is 0.448. The number of nitrogens with one attached hydrogen (secondary N) is 1. The van der Waals surface area contributed by atoms with E-state index in [1.165, 1.54) is 0 Å². The Kier molecular flexibility index (Phi) is 7.45. The summed E-state index contributed by atoms with van der Waals surface area (Å²) >= 11 is 0. The third-order valence-corrected chi connectivity index (χ3v) is 7.62. The Hall–Kier alpha value is -4.08. The average molecular weight is 529 g/mol. The van der Waals surface area contributed by atoms with Crippen LogP contribution in [0.1, 0.15) is 44.1 Å². The number of carbonyl (C=O) groups excluding carboxylic acids is 2. The van der Waals surface area contributed by atoms with E-state index < -0.39 is 0 Å². The van der Waals surface area contributed by atoms with Crippen LogP contribution in [-0.2, 0) is 9.59 Å². The first-order chi connectivity index (χ1) is 18.7. The molecule has 39 heavy (non-hydrogen) atoms. The molecule has 2 saturated heterocycles. The van der Waals surface area contributed by atoms with Gasteiger partial charge < -0.3 is 20.0 Å². The fourth-order valence-electron chi connectivity index (χ4n) is 5.34. The van der Waals surface area contributed by atoms with Crippen molar-refractivity contribution < 1.29 is 9.59 Å². The summed E-state index contributed by atoms with van der Waals surface area (Å²) in [6.07, 6.45) is 7.22. The zero-order valence-electron chi connectivity index (χ0n) is 23.3. The summed E-state index contributed by atoms with van der Waals surface area (Å²) < 4.78 is 0. The number of likely N-dealkylation sites (tertiary alicyclic amines) is 1. The van der Waals surface area contributed by atoms with Gasteiger partial charge in [0, 0.05) is 88.0 Å². The van der Waals surface area contributed by atoms with Crippen LogP contribution in [0.15, 0.2) is 42.9 Å². The van der Waals surface area contributed by atoms with Crippen LogP contribution in [0, 0.1) is 12.8 Å². The van der Waals surface area contributed by atoms with Crippen LogP contribution in [0.2, 0.25) is 0 Å². The lowest BCUT2D eigenvalue weighted by Gasteiger charge is -2.40. The number of anilines is 3. The molecule has 0 aromatic carbocycles. The highest BCUT2D eigenvalue weighted by Crippen LogP contribution is 2.33. The molecule has 2 aliphatic heterocycles. The number of pyridine rings is 2. The second-order valence-electron chi connectivity index (χ2n) is 10.9. The standard InChI is InChI=1S/C29H36N8O2/c1-18-10-24(8-9-31-18)32-27-12-26(33-28(34-27)21-7-6-19(2)37(17-21)20(3)38)22-11-25(14-30-13-22)36-15-23(16-36)29(39)35(4)5/h8-14,19,21,23H,6-7,15-17H2,1-5H3,(H,31,32,33,34)/t19-,21+/m0/s1. The summed E-state index contributed by atoms with van der Waals surface area (Å²) in [5.74, 6) is 1.66. The Balaban J connectivity index is 1.46. The van der Waals surface area contributed by atoms with Crippen molar-refractivity contribution in [3.8, 4) is 11.3 Å². The first kappa shape index (κ1) is 26.5. The molecule has 10 heteroatoms. The molecular weight excluding hydrogens is 492 g/mol. The van der Waals surface area contributed by atoms with Crippen LogP contribution >= 0.6 is 0 Å². The number of aryl methyl sites for hydroxylation is 1. The Morgan fingerprint density at radius 2 is 1.85 bits per heavy atom. The van der Waals surface area contributed by atoms with Crippen LogP contribution in [0.25, 0.3) is 11.3 Å². The van der Waals surface area contributed by atoms with Gasteiger partial charge in [0.2, 0.25) is 11.8 Å². The quantitative estimate of drug-likeness (QED) is 0.517. The second-order valence-corrected chi connectivity index (χ2v) is 10.9. The van der Waals surface area contributed by atoms with Crippen LogP contribution in [0.5, 0.6) is 0 Å². The molecule has 2 atom stereocenters. The van der Waals surface area contributed by atoms with E-state index in [0.29, 0.717) is 31.3 Å². The molecule has 10 nitrogen and oxygen atoms in total. The number of rotatable bonds is 6. The monoisotopic (exact) mass is 528 g/mol. The number of piperidine rings is 1. The van der Waals surface area contributed by atoms with E-state index in [0.717, 1.165) is 41.2 Å². The van der Waals surface area contributed by atoms with Gasteiger partial charge in [0.1, 0.15) is 11.6 Å². The molecule has 1 N–H and O–H groups in total. The van der Waals surface area contributed by atoms with Crippen molar-refractivity contribution in [1.29, 1.82) is 0 Å². The second kappa shape index (κ2) is 11.0. The van der Waals surface area contributed by atoms with Crippen LogP contribution in [0.4, 0.5) is 17.2 Å². The lowest BCUT2D eigenvalue weighted by molar-refractivity contribution is -0.134. The summed E-state index contributed by atoms with van der Waals surface area (Å²) in [6, 6.07) is 8.09. The van der Waals surface area contributed by atoms with Gasteiger partial charge in [-0.2, -0.15) is 0 Å². The van der Waals surface area contributed by atoms with Crippen molar-refractivity contribution in [2.24, 2.45) is 5.92 Å². The molecule has 0 bridgehead atoms. The summed E-state index contributed by atoms with van der Waals surface area (Å²) in [7, 11) is 3.59. The summed E-state index contributed by atoms with van der Waals surface area (Å²) in [5.41, 5.74) is 4.40. The maximum atomic E-state index is 12.3. The van der Waals surface area contributed by atoms with Crippen molar-refractivity contribution in [1.82, 2.24) is 29.7 Å². The maximum Gasteiger partial charge on any atom is 0.228 e. The summed E-state index contributed by atoms with van der Waals surface area (Å²) in [4.78, 5) is 49.0. The van der Waals surface area contributed by atoms with Gasteiger partial charge in [-0.1, -0.05) is 0 Å². The minimum absolute atomic E-state index is 0.00634. The van der Waals surface area contributed by atoms with Crippen molar-refractivity contribution in [3.05, 3.63) is 54.4 Å². The first-order valence-electron chi connectivity index (χ1n) is 13.5. The largest absolute Gasteiger partial charge is 0.369 e.